The Hall–Kier alpha value is -3.06. The lowest BCUT2D eigenvalue weighted by Gasteiger charge is -2.40. The number of nitrogens with one attached hydrogen (secondary N) is 1. The zero-order chi connectivity index (χ0) is 22.2. The third kappa shape index (κ3) is 6.46. The van der Waals surface area contributed by atoms with Gasteiger partial charge < -0.3 is 19.9 Å². The van der Waals surface area contributed by atoms with Crippen molar-refractivity contribution in [2.24, 2.45) is 0 Å². The third-order valence-corrected chi connectivity index (χ3v) is 5.57. The molecule has 7 heteroatoms. The van der Waals surface area contributed by atoms with Crippen LogP contribution in [0.2, 0.25) is 0 Å². The normalized spacial score (nSPS) is 15.3. The number of amides is 1. The second-order valence-electron chi connectivity index (χ2n) is 7.94. The minimum Gasteiger partial charge on any atom is -0.456 e. The van der Waals surface area contributed by atoms with Crippen LogP contribution in [0.3, 0.4) is 0 Å². The molecule has 2 aromatic rings. The molecule has 0 spiro atoms. The average Bonchev–Trinajstić information content (AvgIpc) is 2.79. The molecule has 1 N–H and O–H groups in total. The summed E-state index contributed by atoms with van der Waals surface area (Å²) in [6.45, 7) is 5.17. The van der Waals surface area contributed by atoms with E-state index in [0.717, 1.165) is 37.4 Å². The van der Waals surface area contributed by atoms with E-state index in [1.165, 1.54) is 12.6 Å². The quantitative estimate of drug-likeness (QED) is 0.656. The Morgan fingerprint density at radius 2 is 1.65 bits per heavy atom. The Morgan fingerprint density at radius 1 is 1.00 bits per heavy atom. The smallest absolute Gasteiger partial charge is 0.303 e. The summed E-state index contributed by atoms with van der Waals surface area (Å²) in [6, 6.07) is 19.0. The second kappa shape index (κ2) is 10.8. The van der Waals surface area contributed by atoms with Crippen molar-refractivity contribution >= 4 is 23.3 Å². The molecular weight excluding hydrogens is 392 g/mol. The van der Waals surface area contributed by atoms with Crippen LogP contribution in [0.15, 0.2) is 54.6 Å². The number of ether oxygens (including phenoxy) is 1. The summed E-state index contributed by atoms with van der Waals surface area (Å²) < 4.78 is 4.82. The van der Waals surface area contributed by atoms with E-state index in [0.29, 0.717) is 6.54 Å². The van der Waals surface area contributed by atoms with Gasteiger partial charge >= 0.3 is 5.97 Å². The van der Waals surface area contributed by atoms with Crippen LogP contribution in [0.5, 0.6) is 0 Å². The molecule has 0 aliphatic carbocycles. The summed E-state index contributed by atoms with van der Waals surface area (Å²) in [5, 5.41) is 2.93. The standard InChI is InChI=1S/C24H32N4O3/c1-19(29)31-18-24(30)25-17-23(20-9-11-21(12-10-20)26(2)3)28-15-13-27(14-16-28)22-7-5-4-6-8-22/h4-12,23H,13-18H2,1-3H3,(H,25,30)/t23-/m1/s1. The third-order valence-electron chi connectivity index (χ3n) is 5.57. The maximum absolute atomic E-state index is 12.1. The maximum Gasteiger partial charge on any atom is 0.303 e. The zero-order valence-corrected chi connectivity index (χ0v) is 18.6. The first kappa shape index (κ1) is 22.6. The van der Waals surface area contributed by atoms with E-state index in [2.05, 4.69) is 68.5 Å². The Bertz CT molecular complexity index is 847. The van der Waals surface area contributed by atoms with E-state index in [4.69, 9.17) is 4.74 Å². The van der Waals surface area contributed by atoms with E-state index >= 15 is 0 Å². The predicted octanol–water partition coefficient (Wildman–Crippen LogP) is 2.30. The van der Waals surface area contributed by atoms with Gasteiger partial charge in [0.15, 0.2) is 6.61 Å². The lowest BCUT2D eigenvalue weighted by atomic mass is 10.0. The first-order valence-electron chi connectivity index (χ1n) is 10.7. The summed E-state index contributed by atoms with van der Waals surface area (Å²) in [6.07, 6.45) is 0. The summed E-state index contributed by atoms with van der Waals surface area (Å²) >= 11 is 0. The lowest BCUT2D eigenvalue weighted by Crippen LogP contribution is -2.50. The first-order valence-corrected chi connectivity index (χ1v) is 10.7. The van der Waals surface area contributed by atoms with E-state index in [1.54, 1.807) is 0 Å². The number of anilines is 2. The summed E-state index contributed by atoms with van der Waals surface area (Å²) in [7, 11) is 4.04. The minimum absolute atomic E-state index is 0.0513. The number of nitrogens with zero attached hydrogens (tertiary/aromatic N) is 3. The van der Waals surface area contributed by atoms with Gasteiger partial charge in [0.2, 0.25) is 0 Å². The summed E-state index contributed by atoms with van der Waals surface area (Å²) in [5.41, 5.74) is 3.53. The Morgan fingerprint density at radius 3 is 2.23 bits per heavy atom. The molecule has 0 saturated carbocycles. The largest absolute Gasteiger partial charge is 0.456 e. The van der Waals surface area contributed by atoms with Crippen molar-refractivity contribution in [1.29, 1.82) is 0 Å². The van der Waals surface area contributed by atoms with Crippen LogP contribution < -0.4 is 15.1 Å². The van der Waals surface area contributed by atoms with Gasteiger partial charge in [0, 0.05) is 65.1 Å². The fourth-order valence-electron chi connectivity index (χ4n) is 3.81. The van der Waals surface area contributed by atoms with E-state index in [9.17, 15) is 9.59 Å². The maximum atomic E-state index is 12.1. The molecule has 31 heavy (non-hydrogen) atoms. The highest BCUT2D eigenvalue weighted by Crippen LogP contribution is 2.25. The van der Waals surface area contributed by atoms with Gasteiger partial charge in [-0.1, -0.05) is 30.3 Å². The van der Waals surface area contributed by atoms with E-state index < -0.39 is 5.97 Å². The molecular formula is C24H32N4O3. The first-order chi connectivity index (χ1) is 14.9. The number of para-hydroxylation sites is 1. The molecule has 1 amide bonds. The molecule has 0 radical (unpaired) electrons. The molecule has 0 unspecified atom stereocenters. The number of hydrogen-bond acceptors (Lipinski definition) is 6. The molecule has 1 fully saturated rings. The molecule has 1 aliphatic heterocycles. The highest BCUT2D eigenvalue weighted by molar-refractivity contribution is 5.79. The van der Waals surface area contributed by atoms with Crippen LogP contribution in [0.25, 0.3) is 0 Å². The van der Waals surface area contributed by atoms with Gasteiger partial charge in [-0.3, -0.25) is 14.5 Å². The molecule has 1 saturated heterocycles. The molecule has 0 bridgehead atoms. The van der Waals surface area contributed by atoms with Gasteiger partial charge in [0.25, 0.3) is 5.91 Å². The lowest BCUT2D eigenvalue weighted by molar-refractivity contribution is -0.146. The van der Waals surface area contributed by atoms with Gasteiger partial charge in [0.05, 0.1) is 6.04 Å². The van der Waals surface area contributed by atoms with Crippen LogP contribution in [0.4, 0.5) is 11.4 Å². The predicted molar refractivity (Wildman–Crippen MR) is 123 cm³/mol. The van der Waals surface area contributed by atoms with Crippen molar-refractivity contribution in [3.8, 4) is 0 Å². The second-order valence-corrected chi connectivity index (χ2v) is 7.94. The Labute approximate surface area is 184 Å². The molecule has 166 valence electrons. The number of benzene rings is 2. The molecule has 7 nitrogen and oxygen atoms in total. The average molecular weight is 425 g/mol. The monoisotopic (exact) mass is 424 g/mol. The van der Waals surface area contributed by atoms with Crippen molar-refractivity contribution in [2.45, 2.75) is 13.0 Å². The van der Waals surface area contributed by atoms with Crippen LogP contribution >= 0.6 is 0 Å². The zero-order valence-electron chi connectivity index (χ0n) is 18.6. The van der Waals surface area contributed by atoms with E-state index in [1.807, 2.05) is 20.2 Å². The molecule has 1 atom stereocenters. The number of carbonyl (C=O) groups is 2. The van der Waals surface area contributed by atoms with Crippen molar-refractivity contribution in [3.63, 3.8) is 0 Å². The van der Waals surface area contributed by atoms with Gasteiger partial charge in [-0.2, -0.15) is 0 Å². The van der Waals surface area contributed by atoms with E-state index in [-0.39, 0.29) is 18.6 Å². The van der Waals surface area contributed by atoms with Gasteiger partial charge in [-0.15, -0.1) is 0 Å². The summed E-state index contributed by atoms with van der Waals surface area (Å²) in [4.78, 5) is 30.0. The van der Waals surface area contributed by atoms with Gasteiger partial charge in [-0.25, -0.2) is 0 Å². The highest BCUT2D eigenvalue weighted by Gasteiger charge is 2.26. The van der Waals surface area contributed by atoms with Crippen molar-refractivity contribution in [2.75, 3.05) is 63.2 Å². The Balaban J connectivity index is 1.68. The number of hydrogen-bond donors (Lipinski definition) is 1. The van der Waals surface area contributed by atoms with Crippen molar-refractivity contribution < 1.29 is 14.3 Å². The number of esters is 1. The highest BCUT2D eigenvalue weighted by atomic mass is 16.5. The molecule has 3 rings (SSSR count). The number of piperazine rings is 1. The van der Waals surface area contributed by atoms with Gasteiger partial charge in [-0.05, 0) is 29.8 Å². The van der Waals surface area contributed by atoms with Crippen LogP contribution in [0.1, 0.15) is 18.5 Å². The van der Waals surface area contributed by atoms with Crippen molar-refractivity contribution in [1.82, 2.24) is 10.2 Å². The molecule has 2 aromatic carbocycles. The molecule has 1 heterocycles. The summed E-state index contributed by atoms with van der Waals surface area (Å²) in [5.74, 6) is -0.740. The number of carbonyl (C=O) groups excluding carboxylic acids is 2. The van der Waals surface area contributed by atoms with Crippen LogP contribution in [0, 0.1) is 0 Å². The fourth-order valence-corrected chi connectivity index (χ4v) is 3.81. The van der Waals surface area contributed by atoms with Gasteiger partial charge in [0.1, 0.15) is 0 Å². The minimum atomic E-state index is -0.456. The molecule has 0 aromatic heterocycles. The van der Waals surface area contributed by atoms with Crippen LogP contribution in [-0.4, -0.2) is 70.2 Å². The van der Waals surface area contributed by atoms with Crippen LogP contribution in [-0.2, 0) is 14.3 Å². The Kier molecular flexibility index (Phi) is 7.89. The van der Waals surface area contributed by atoms with Crippen molar-refractivity contribution in [3.05, 3.63) is 60.2 Å². The molecule has 1 aliphatic rings. The fraction of sp³-hybridized carbons (Fsp3) is 0.417. The SMILES string of the molecule is CC(=O)OCC(=O)NC[C@H](c1ccc(N(C)C)cc1)N1CCN(c2ccccc2)CC1. The number of rotatable bonds is 8. The topological polar surface area (TPSA) is 65.1 Å².